The molecule has 3 heterocycles. The lowest BCUT2D eigenvalue weighted by Crippen LogP contribution is -2.54. The van der Waals surface area contributed by atoms with Gasteiger partial charge in [0.2, 0.25) is 0 Å². The molecule has 9 nitrogen and oxygen atoms in total. The smallest absolute Gasteiger partial charge is 0.332 e. The quantitative estimate of drug-likeness (QED) is 0.744. The lowest BCUT2D eigenvalue weighted by atomic mass is 10.1. The van der Waals surface area contributed by atoms with Crippen LogP contribution in [0, 0.1) is 0 Å². The number of methoxy groups -OCH3 is 1. The Hall–Kier alpha value is -3.49. The molecule has 0 spiro atoms. The van der Waals surface area contributed by atoms with Gasteiger partial charge in [-0.1, -0.05) is 6.07 Å². The van der Waals surface area contributed by atoms with Crippen molar-refractivity contribution in [2.45, 2.75) is 6.04 Å². The second kappa shape index (κ2) is 6.67. The summed E-state index contributed by atoms with van der Waals surface area (Å²) < 4.78 is 5.17. The highest BCUT2D eigenvalue weighted by Gasteiger charge is 2.49. The van der Waals surface area contributed by atoms with E-state index in [-0.39, 0.29) is 36.6 Å². The van der Waals surface area contributed by atoms with Crippen molar-refractivity contribution in [2.75, 3.05) is 31.6 Å². The Labute approximate surface area is 155 Å². The molecule has 9 heteroatoms. The molecule has 1 aromatic heterocycles. The van der Waals surface area contributed by atoms with Gasteiger partial charge in [-0.3, -0.25) is 14.6 Å². The van der Waals surface area contributed by atoms with Crippen LogP contribution in [0.3, 0.4) is 0 Å². The largest absolute Gasteiger partial charge is 0.497 e. The molecule has 0 bridgehead atoms. The van der Waals surface area contributed by atoms with Crippen LogP contribution in [0.15, 0.2) is 42.9 Å². The summed E-state index contributed by atoms with van der Waals surface area (Å²) in [5.41, 5.74) is 0.665. The third kappa shape index (κ3) is 2.86. The Balaban J connectivity index is 1.57. The van der Waals surface area contributed by atoms with Gasteiger partial charge in [-0.05, 0) is 12.1 Å². The number of carbonyl (C=O) groups is 3. The fourth-order valence-electron chi connectivity index (χ4n) is 3.34. The molecule has 0 N–H and O–H groups in total. The number of fused-ring (bicyclic) bond motifs is 1. The number of ether oxygens (including phenoxy) is 1. The van der Waals surface area contributed by atoms with Gasteiger partial charge in [0.25, 0.3) is 11.8 Å². The van der Waals surface area contributed by atoms with Gasteiger partial charge >= 0.3 is 6.03 Å². The van der Waals surface area contributed by atoms with Gasteiger partial charge < -0.3 is 14.5 Å². The third-order valence-corrected chi connectivity index (χ3v) is 4.70. The first-order chi connectivity index (χ1) is 13.1. The highest BCUT2D eigenvalue weighted by atomic mass is 16.5. The first-order valence-electron chi connectivity index (χ1n) is 8.44. The minimum atomic E-state index is -0.710. The zero-order valence-electron chi connectivity index (χ0n) is 14.6. The highest BCUT2D eigenvalue weighted by Crippen LogP contribution is 2.30. The molecule has 0 radical (unpaired) electrons. The SMILES string of the molecule is COc1cccc(N2C(=O)[C@@H]3CN(C(=O)c4cnccn4)CCN3C2=O)c1. The van der Waals surface area contributed by atoms with Crippen molar-refractivity contribution in [1.82, 2.24) is 19.8 Å². The molecule has 0 aliphatic carbocycles. The summed E-state index contributed by atoms with van der Waals surface area (Å²) in [4.78, 5) is 50.4. The topological polar surface area (TPSA) is 95.9 Å². The van der Waals surface area contributed by atoms with Crippen molar-refractivity contribution in [2.24, 2.45) is 0 Å². The summed E-state index contributed by atoms with van der Waals surface area (Å²) in [6.45, 7) is 0.735. The van der Waals surface area contributed by atoms with Crippen LogP contribution in [0.1, 0.15) is 10.5 Å². The molecule has 2 aliphatic rings. The van der Waals surface area contributed by atoms with E-state index in [0.717, 1.165) is 4.90 Å². The van der Waals surface area contributed by atoms with Crippen molar-refractivity contribution >= 4 is 23.5 Å². The van der Waals surface area contributed by atoms with Gasteiger partial charge in [0.1, 0.15) is 17.5 Å². The van der Waals surface area contributed by atoms with E-state index in [1.807, 2.05) is 0 Å². The molecular formula is C18H17N5O4. The van der Waals surface area contributed by atoms with E-state index in [1.54, 1.807) is 24.3 Å². The number of imide groups is 1. The Morgan fingerprint density at radius 2 is 2.07 bits per heavy atom. The van der Waals surface area contributed by atoms with E-state index in [9.17, 15) is 14.4 Å². The molecule has 4 amide bonds. The van der Waals surface area contributed by atoms with Crippen LogP contribution in [0.5, 0.6) is 5.75 Å². The average molecular weight is 367 g/mol. The molecule has 2 fully saturated rings. The molecule has 2 aliphatic heterocycles. The molecule has 138 valence electrons. The number of rotatable bonds is 3. The molecule has 1 aromatic carbocycles. The van der Waals surface area contributed by atoms with E-state index < -0.39 is 6.04 Å². The van der Waals surface area contributed by atoms with Crippen LogP contribution in [0.2, 0.25) is 0 Å². The summed E-state index contributed by atoms with van der Waals surface area (Å²) in [5.74, 6) is -0.106. The van der Waals surface area contributed by atoms with Gasteiger partial charge in [0, 0.05) is 31.5 Å². The normalized spacial score (nSPS) is 19.3. The minimum absolute atomic E-state index is 0.125. The molecule has 2 saturated heterocycles. The van der Waals surface area contributed by atoms with Gasteiger partial charge in [0.15, 0.2) is 0 Å². The Morgan fingerprint density at radius 3 is 2.81 bits per heavy atom. The van der Waals surface area contributed by atoms with Crippen LogP contribution in [-0.4, -0.2) is 70.4 Å². The Morgan fingerprint density at radius 1 is 1.22 bits per heavy atom. The van der Waals surface area contributed by atoms with Crippen molar-refractivity contribution in [3.8, 4) is 5.75 Å². The number of amides is 4. The zero-order chi connectivity index (χ0) is 19.0. The number of carbonyl (C=O) groups excluding carboxylic acids is 3. The molecule has 27 heavy (non-hydrogen) atoms. The highest BCUT2D eigenvalue weighted by molar-refractivity contribution is 6.21. The minimum Gasteiger partial charge on any atom is -0.497 e. The number of nitrogens with zero attached hydrogens (tertiary/aromatic N) is 5. The predicted octanol–water partition coefficient (Wildman–Crippen LogP) is 0.778. The predicted molar refractivity (Wildman–Crippen MR) is 94.3 cm³/mol. The van der Waals surface area contributed by atoms with Crippen LogP contribution in [-0.2, 0) is 4.79 Å². The Kier molecular flexibility index (Phi) is 4.19. The van der Waals surface area contributed by atoms with Crippen molar-refractivity contribution < 1.29 is 19.1 Å². The Bertz CT molecular complexity index is 904. The average Bonchev–Trinajstić information content (AvgIpc) is 2.98. The van der Waals surface area contributed by atoms with Crippen LogP contribution >= 0.6 is 0 Å². The summed E-state index contributed by atoms with van der Waals surface area (Å²) in [7, 11) is 1.52. The van der Waals surface area contributed by atoms with E-state index in [0.29, 0.717) is 18.0 Å². The van der Waals surface area contributed by atoms with Crippen LogP contribution < -0.4 is 9.64 Å². The summed E-state index contributed by atoms with van der Waals surface area (Å²) in [5, 5.41) is 0. The second-order valence-corrected chi connectivity index (χ2v) is 6.21. The van der Waals surface area contributed by atoms with Gasteiger partial charge in [-0.15, -0.1) is 0 Å². The summed E-state index contributed by atoms with van der Waals surface area (Å²) in [6.07, 6.45) is 4.32. The second-order valence-electron chi connectivity index (χ2n) is 6.21. The maximum absolute atomic E-state index is 12.9. The number of benzene rings is 1. The number of urea groups is 1. The van der Waals surface area contributed by atoms with E-state index >= 15 is 0 Å². The fraction of sp³-hybridized carbons (Fsp3) is 0.278. The number of aromatic nitrogens is 2. The van der Waals surface area contributed by atoms with Crippen molar-refractivity contribution in [1.29, 1.82) is 0 Å². The van der Waals surface area contributed by atoms with Crippen molar-refractivity contribution in [3.05, 3.63) is 48.5 Å². The first kappa shape index (κ1) is 17.0. The summed E-state index contributed by atoms with van der Waals surface area (Å²) >= 11 is 0. The van der Waals surface area contributed by atoms with Crippen LogP contribution in [0.25, 0.3) is 0 Å². The number of hydrogen-bond donors (Lipinski definition) is 0. The fourth-order valence-corrected chi connectivity index (χ4v) is 3.34. The molecular weight excluding hydrogens is 350 g/mol. The molecule has 0 saturated carbocycles. The van der Waals surface area contributed by atoms with E-state index in [1.165, 1.54) is 35.5 Å². The maximum Gasteiger partial charge on any atom is 0.332 e. The van der Waals surface area contributed by atoms with Gasteiger partial charge in [-0.2, -0.15) is 0 Å². The lowest BCUT2D eigenvalue weighted by molar-refractivity contribution is -0.120. The monoisotopic (exact) mass is 367 g/mol. The maximum atomic E-state index is 12.9. The lowest BCUT2D eigenvalue weighted by Gasteiger charge is -2.35. The van der Waals surface area contributed by atoms with Crippen LogP contribution in [0.4, 0.5) is 10.5 Å². The van der Waals surface area contributed by atoms with E-state index in [2.05, 4.69) is 9.97 Å². The van der Waals surface area contributed by atoms with E-state index in [4.69, 9.17) is 4.74 Å². The van der Waals surface area contributed by atoms with Crippen molar-refractivity contribution in [3.63, 3.8) is 0 Å². The number of hydrogen-bond acceptors (Lipinski definition) is 6. The molecule has 1 atom stereocenters. The molecule has 4 rings (SSSR count). The number of anilines is 1. The number of piperazine rings is 1. The first-order valence-corrected chi connectivity index (χ1v) is 8.44. The van der Waals surface area contributed by atoms with Gasteiger partial charge in [-0.25, -0.2) is 14.7 Å². The summed E-state index contributed by atoms with van der Waals surface area (Å²) in [6, 6.07) is 5.68. The van der Waals surface area contributed by atoms with Gasteiger partial charge in [0.05, 0.1) is 25.5 Å². The third-order valence-electron chi connectivity index (χ3n) is 4.70. The molecule has 0 unspecified atom stereocenters. The standard InChI is InChI=1S/C18H17N5O4/c1-27-13-4-2-3-12(9-13)23-17(25)15-11-21(7-8-22(15)18(23)26)16(24)14-10-19-5-6-20-14/h2-6,9-10,15H,7-8,11H2,1H3/t15-/m0/s1. The molecule has 2 aromatic rings. The zero-order valence-corrected chi connectivity index (χ0v) is 14.6.